The summed E-state index contributed by atoms with van der Waals surface area (Å²) in [5.41, 5.74) is 3.29. The minimum atomic E-state index is -1.18. The minimum Gasteiger partial charge on any atom is -0.355 e. The molecule has 2 aromatic carbocycles. The number of anilines is 1. The van der Waals surface area contributed by atoms with Crippen LogP contribution in [-0.2, 0) is 16.8 Å². The first-order valence-electron chi connectivity index (χ1n) is 9.74. The normalized spacial score (nSPS) is 20.2. The van der Waals surface area contributed by atoms with Crippen LogP contribution in [-0.4, -0.2) is 34.9 Å². The van der Waals surface area contributed by atoms with Gasteiger partial charge >= 0.3 is 6.03 Å². The molecule has 1 atom stereocenters. The van der Waals surface area contributed by atoms with Crippen LogP contribution in [0.2, 0.25) is 0 Å². The molecule has 6 nitrogen and oxygen atoms in total. The van der Waals surface area contributed by atoms with Gasteiger partial charge in [-0.05, 0) is 30.5 Å². The molecule has 3 N–H and O–H groups in total. The molecule has 3 heterocycles. The van der Waals surface area contributed by atoms with E-state index in [-0.39, 0.29) is 11.9 Å². The number of benzene rings is 2. The quantitative estimate of drug-likeness (QED) is 0.643. The number of hydrogen-bond acceptors (Lipinski definition) is 2. The molecule has 0 aliphatic carbocycles. The number of aromatic amines is 1. The van der Waals surface area contributed by atoms with E-state index >= 15 is 0 Å². The molecule has 3 aromatic rings. The Labute approximate surface area is 162 Å². The molecular weight excluding hydrogens is 352 g/mol. The number of nitrogens with zero attached hydrogens (tertiary/aromatic N) is 1. The highest BCUT2D eigenvalue weighted by Gasteiger charge is 2.58. The number of urea groups is 1. The molecule has 2 aliphatic rings. The van der Waals surface area contributed by atoms with Gasteiger partial charge in [0.2, 0.25) is 0 Å². The molecule has 0 unspecified atom stereocenters. The van der Waals surface area contributed by atoms with E-state index in [4.69, 9.17) is 0 Å². The van der Waals surface area contributed by atoms with Crippen molar-refractivity contribution in [2.45, 2.75) is 25.3 Å². The molecule has 0 bridgehead atoms. The predicted octanol–water partition coefficient (Wildman–Crippen LogP) is 3.34. The maximum atomic E-state index is 13.5. The van der Waals surface area contributed by atoms with Gasteiger partial charge in [-0.3, -0.25) is 4.79 Å². The summed E-state index contributed by atoms with van der Waals surface area (Å²) >= 11 is 0. The highest BCUT2D eigenvalue weighted by Crippen LogP contribution is 2.49. The van der Waals surface area contributed by atoms with E-state index in [1.807, 2.05) is 49.4 Å². The van der Waals surface area contributed by atoms with E-state index in [9.17, 15) is 9.59 Å². The Morgan fingerprint density at radius 2 is 1.96 bits per heavy atom. The van der Waals surface area contributed by atoms with Crippen molar-refractivity contribution in [3.05, 3.63) is 65.4 Å². The van der Waals surface area contributed by atoms with E-state index in [2.05, 4.69) is 21.7 Å². The van der Waals surface area contributed by atoms with Crippen LogP contribution in [0.3, 0.4) is 0 Å². The summed E-state index contributed by atoms with van der Waals surface area (Å²) in [5.74, 6) is -0.187. The average molecular weight is 374 g/mol. The lowest BCUT2D eigenvalue weighted by molar-refractivity contribution is -0.124. The first kappa shape index (κ1) is 16.9. The summed E-state index contributed by atoms with van der Waals surface area (Å²) in [6.45, 7) is 3.07. The zero-order chi connectivity index (χ0) is 19.3. The Kier molecular flexibility index (Phi) is 3.69. The van der Waals surface area contributed by atoms with Crippen molar-refractivity contribution in [2.24, 2.45) is 0 Å². The predicted molar refractivity (Wildman–Crippen MR) is 108 cm³/mol. The van der Waals surface area contributed by atoms with E-state index in [0.717, 1.165) is 39.8 Å². The van der Waals surface area contributed by atoms with Gasteiger partial charge in [-0.1, -0.05) is 43.3 Å². The number of fused-ring (bicyclic) bond motifs is 6. The second kappa shape index (κ2) is 6.12. The van der Waals surface area contributed by atoms with Crippen molar-refractivity contribution < 1.29 is 9.59 Å². The summed E-state index contributed by atoms with van der Waals surface area (Å²) in [5, 5.41) is 7.08. The van der Waals surface area contributed by atoms with Crippen LogP contribution >= 0.6 is 0 Å². The largest absolute Gasteiger partial charge is 0.355 e. The SMILES string of the molecule is CCCNC(=O)N1CCc2c([nH]c3ccccc23)[C@@]12C(=O)Nc1ccccc12. The number of para-hydroxylation sites is 2. The van der Waals surface area contributed by atoms with Gasteiger partial charge in [-0.15, -0.1) is 0 Å². The second-order valence-corrected chi connectivity index (χ2v) is 7.37. The Hall–Kier alpha value is -3.28. The minimum absolute atomic E-state index is 0.187. The third kappa shape index (κ3) is 2.08. The number of carbonyl (C=O) groups is 2. The molecule has 0 fully saturated rings. The molecule has 0 saturated carbocycles. The van der Waals surface area contributed by atoms with Crippen molar-refractivity contribution in [3.63, 3.8) is 0 Å². The lowest BCUT2D eigenvalue weighted by atomic mass is 9.80. The fourth-order valence-corrected chi connectivity index (χ4v) is 4.63. The van der Waals surface area contributed by atoms with Crippen molar-refractivity contribution >= 4 is 28.5 Å². The average Bonchev–Trinajstić information content (AvgIpc) is 3.23. The van der Waals surface area contributed by atoms with Gasteiger partial charge < -0.3 is 20.5 Å². The van der Waals surface area contributed by atoms with Gasteiger partial charge in [0.05, 0.1) is 5.69 Å². The summed E-state index contributed by atoms with van der Waals surface area (Å²) < 4.78 is 0. The number of rotatable bonds is 2. The first-order valence-corrected chi connectivity index (χ1v) is 9.74. The maximum absolute atomic E-state index is 13.5. The van der Waals surface area contributed by atoms with Crippen LogP contribution in [0, 0.1) is 0 Å². The fourth-order valence-electron chi connectivity index (χ4n) is 4.63. The van der Waals surface area contributed by atoms with E-state index in [0.29, 0.717) is 19.5 Å². The molecule has 1 spiro atoms. The number of H-pyrrole nitrogens is 1. The molecule has 2 aliphatic heterocycles. The molecule has 6 heteroatoms. The van der Waals surface area contributed by atoms with Crippen LogP contribution in [0.1, 0.15) is 30.2 Å². The van der Waals surface area contributed by atoms with E-state index in [1.165, 1.54) is 0 Å². The van der Waals surface area contributed by atoms with Crippen molar-refractivity contribution in [1.82, 2.24) is 15.2 Å². The third-order valence-corrected chi connectivity index (χ3v) is 5.83. The number of amides is 3. The number of nitrogens with one attached hydrogen (secondary N) is 3. The zero-order valence-corrected chi connectivity index (χ0v) is 15.7. The van der Waals surface area contributed by atoms with Crippen LogP contribution in [0.4, 0.5) is 10.5 Å². The maximum Gasteiger partial charge on any atom is 0.318 e. The monoisotopic (exact) mass is 374 g/mol. The standard InChI is InChI=1S/C22H22N4O2/c1-2-12-23-21(28)26-13-11-15-14-7-3-5-9-17(14)24-19(15)22(26)16-8-4-6-10-18(16)25-20(22)27/h3-10,24H,2,11-13H2,1H3,(H,23,28)(H,25,27)/t22-/m0/s1. The molecule has 1 aromatic heterocycles. The number of aromatic nitrogens is 1. The van der Waals surface area contributed by atoms with Crippen LogP contribution in [0.15, 0.2) is 48.5 Å². The smallest absolute Gasteiger partial charge is 0.318 e. The van der Waals surface area contributed by atoms with Gasteiger partial charge in [0, 0.05) is 35.2 Å². The fraction of sp³-hybridized carbons (Fsp3) is 0.273. The van der Waals surface area contributed by atoms with Crippen molar-refractivity contribution in [1.29, 1.82) is 0 Å². The zero-order valence-electron chi connectivity index (χ0n) is 15.7. The van der Waals surface area contributed by atoms with Crippen molar-refractivity contribution in [3.8, 4) is 0 Å². The van der Waals surface area contributed by atoms with Gasteiger partial charge in [0.15, 0.2) is 5.54 Å². The van der Waals surface area contributed by atoms with E-state index < -0.39 is 5.54 Å². The lowest BCUT2D eigenvalue weighted by Gasteiger charge is -2.42. The Bertz CT molecular complexity index is 1100. The Morgan fingerprint density at radius 3 is 2.82 bits per heavy atom. The second-order valence-electron chi connectivity index (χ2n) is 7.37. The summed E-state index contributed by atoms with van der Waals surface area (Å²) in [6.07, 6.45) is 1.54. The third-order valence-electron chi connectivity index (χ3n) is 5.83. The van der Waals surface area contributed by atoms with Crippen molar-refractivity contribution in [2.75, 3.05) is 18.4 Å². The number of carbonyl (C=O) groups excluding carboxylic acids is 2. The molecule has 142 valence electrons. The van der Waals surface area contributed by atoms with Gasteiger partial charge in [-0.25, -0.2) is 4.79 Å². The highest BCUT2D eigenvalue weighted by molar-refractivity contribution is 6.11. The molecule has 28 heavy (non-hydrogen) atoms. The highest BCUT2D eigenvalue weighted by atomic mass is 16.2. The summed E-state index contributed by atoms with van der Waals surface area (Å²) in [6, 6.07) is 15.5. The van der Waals surface area contributed by atoms with Crippen LogP contribution in [0.5, 0.6) is 0 Å². The topological polar surface area (TPSA) is 77.2 Å². The van der Waals surface area contributed by atoms with Gasteiger partial charge in [0.1, 0.15) is 0 Å². The Balaban J connectivity index is 1.79. The lowest BCUT2D eigenvalue weighted by Crippen LogP contribution is -2.60. The Morgan fingerprint density at radius 1 is 1.18 bits per heavy atom. The summed E-state index contributed by atoms with van der Waals surface area (Å²) in [7, 11) is 0. The van der Waals surface area contributed by atoms with Crippen LogP contribution in [0.25, 0.3) is 10.9 Å². The number of hydrogen-bond donors (Lipinski definition) is 3. The summed E-state index contributed by atoms with van der Waals surface area (Å²) in [4.78, 5) is 31.8. The molecular formula is C22H22N4O2. The van der Waals surface area contributed by atoms with Gasteiger partial charge in [-0.2, -0.15) is 0 Å². The molecule has 5 rings (SSSR count). The first-order chi connectivity index (χ1) is 13.7. The molecule has 0 radical (unpaired) electrons. The molecule has 3 amide bonds. The van der Waals surface area contributed by atoms with E-state index in [1.54, 1.807) is 4.90 Å². The van der Waals surface area contributed by atoms with Gasteiger partial charge in [0.25, 0.3) is 5.91 Å². The van der Waals surface area contributed by atoms with Crippen LogP contribution < -0.4 is 10.6 Å². The molecule has 0 saturated heterocycles.